The van der Waals surface area contributed by atoms with E-state index in [0.717, 1.165) is 37.5 Å². The molecular formula is C18H25N3O. The van der Waals surface area contributed by atoms with Gasteiger partial charge in [0.2, 0.25) is 11.8 Å². The summed E-state index contributed by atoms with van der Waals surface area (Å²) in [5.41, 5.74) is 2.56. The lowest BCUT2D eigenvalue weighted by atomic mass is 9.96. The second-order valence-electron chi connectivity index (χ2n) is 7.59. The van der Waals surface area contributed by atoms with Gasteiger partial charge in [0, 0.05) is 18.7 Å². The van der Waals surface area contributed by atoms with Gasteiger partial charge in [0.25, 0.3) is 0 Å². The monoisotopic (exact) mass is 299 g/mol. The maximum atomic E-state index is 5.92. The van der Waals surface area contributed by atoms with Gasteiger partial charge in [-0.3, -0.25) is 0 Å². The molecule has 1 saturated heterocycles. The summed E-state index contributed by atoms with van der Waals surface area (Å²) in [6.07, 6.45) is 1.10. The van der Waals surface area contributed by atoms with Crippen LogP contribution in [-0.4, -0.2) is 34.7 Å². The van der Waals surface area contributed by atoms with Crippen LogP contribution in [0.3, 0.4) is 0 Å². The van der Waals surface area contributed by atoms with Crippen molar-refractivity contribution in [3.63, 3.8) is 0 Å². The van der Waals surface area contributed by atoms with Crippen molar-refractivity contribution in [1.82, 2.24) is 15.1 Å². The Hall–Kier alpha value is -1.68. The van der Waals surface area contributed by atoms with Crippen molar-refractivity contribution < 1.29 is 4.42 Å². The summed E-state index contributed by atoms with van der Waals surface area (Å²) in [6, 6.07) is 8.21. The molecule has 118 valence electrons. The quantitative estimate of drug-likeness (QED) is 0.862. The highest BCUT2D eigenvalue weighted by Gasteiger charge is 2.30. The number of nitrogens with zero attached hydrogens (tertiary/aromatic N) is 3. The number of hydrogen-bond donors (Lipinski definition) is 0. The predicted octanol–water partition coefficient (Wildman–Crippen LogP) is 3.88. The maximum Gasteiger partial charge on any atom is 0.247 e. The molecule has 0 radical (unpaired) electrons. The summed E-state index contributed by atoms with van der Waals surface area (Å²) in [4.78, 5) is 2.50. The average molecular weight is 299 g/mol. The van der Waals surface area contributed by atoms with Crippen LogP contribution in [0.15, 0.2) is 28.7 Å². The van der Waals surface area contributed by atoms with Gasteiger partial charge in [0.1, 0.15) is 0 Å². The van der Waals surface area contributed by atoms with Crippen LogP contribution in [0.1, 0.15) is 44.6 Å². The van der Waals surface area contributed by atoms with E-state index in [1.165, 1.54) is 5.56 Å². The van der Waals surface area contributed by atoms with Crippen molar-refractivity contribution in [2.24, 2.45) is 5.41 Å². The fraction of sp³-hybridized carbons (Fsp3) is 0.556. The molecule has 0 N–H and O–H groups in total. The van der Waals surface area contributed by atoms with E-state index >= 15 is 0 Å². The van der Waals surface area contributed by atoms with Crippen molar-refractivity contribution in [3.05, 3.63) is 35.7 Å². The van der Waals surface area contributed by atoms with Crippen molar-refractivity contribution in [3.8, 4) is 11.5 Å². The second-order valence-corrected chi connectivity index (χ2v) is 7.59. The number of hydrogen-bond acceptors (Lipinski definition) is 4. The molecule has 0 unspecified atom stereocenters. The van der Waals surface area contributed by atoms with E-state index in [2.05, 4.69) is 54.9 Å². The van der Waals surface area contributed by atoms with Crippen LogP contribution in [0.2, 0.25) is 0 Å². The van der Waals surface area contributed by atoms with Crippen LogP contribution in [0.4, 0.5) is 0 Å². The molecule has 22 heavy (non-hydrogen) atoms. The molecule has 1 fully saturated rings. The van der Waals surface area contributed by atoms with Gasteiger partial charge < -0.3 is 9.32 Å². The zero-order chi connectivity index (χ0) is 15.7. The van der Waals surface area contributed by atoms with E-state index < -0.39 is 0 Å². The molecule has 1 aliphatic rings. The Morgan fingerprint density at radius 3 is 2.59 bits per heavy atom. The van der Waals surface area contributed by atoms with Gasteiger partial charge in [0.15, 0.2) is 0 Å². The number of aryl methyl sites for hydroxylation is 1. The fourth-order valence-electron chi connectivity index (χ4n) is 3.06. The molecule has 1 aromatic carbocycles. The Kier molecular flexibility index (Phi) is 4.04. The minimum Gasteiger partial charge on any atom is -0.420 e. The van der Waals surface area contributed by atoms with Crippen molar-refractivity contribution in [2.45, 2.75) is 40.0 Å². The van der Waals surface area contributed by atoms with E-state index in [-0.39, 0.29) is 0 Å². The first-order valence-electron chi connectivity index (χ1n) is 8.03. The second kappa shape index (κ2) is 5.84. The lowest BCUT2D eigenvalue weighted by Gasteiger charge is -2.25. The van der Waals surface area contributed by atoms with Gasteiger partial charge in [-0.05, 0) is 37.4 Å². The van der Waals surface area contributed by atoms with Gasteiger partial charge in [-0.2, -0.15) is 0 Å². The van der Waals surface area contributed by atoms with Crippen LogP contribution in [0.25, 0.3) is 11.5 Å². The van der Waals surface area contributed by atoms with Crippen LogP contribution in [-0.2, 0) is 0 Å². The lowest BCUT2D eigenvalue weighted by molar-refractivity contribution is 0.223. The molecule has 0 saturated carbocycles. The minimum atomic E-state index is 0.330. The third kappa shape index (κ3) is 3.55. The molecule has 1 atom stereocenters. The number of benzene rings is 1. The van der Waals surface area contributed by atoms with Crippen LogP contribution < -0.4 is 0 Å². The molecule has 2 heterocycles. The van der Waals surface area contributed by atoms with E-state index in [1.54, 1.807) is 0 Å². The number of rotatable bonds is 3. The summed E-state index contributed by atoms with van der Waals surface area (Å²) >= 11 is 0. The largest absolute Gasteiger partial charge is 0.420 e. The average Bonchev–Trinajstić information content (AvgIpc) is 3.06. The third-order valence-corrected chi connectivity index (χ3v) is 4.06. The standard InChI is InChI=1S/C18H25N3O/c1-13-5-7-14(8-6-13)16-19-20-17(22-16)15-9-10-21(11-15)12-18(2,3)4/h5-8,15H,9-12H2,1-4H3/t15-/m0/s1. The summed E-state index contributed by atoms with van der Waals surface area (Å²) in [5.74, 6) is 1.78. The van der Waals surface area contributed by atoms with Gasteiger partial charge in [-0.25, -0.2) is 0 Å². The first-order valence-corrected chi connectivity index (χ1v) is 8.03. The molecule has 4 nitrogen and oxygen atoms in total. The first-order chi connectivity index (χ1) is 10.4. The zero-order valence-electron chi connectivity index (χ0n) is 14.0. The normalized spacial score (nSPS) is 19.7. The van der Waals surface area contributed by atoms with Crippen LogP contribution in [0, 0.1) is 12.3 Å². The molecule has 1 aliphatic heterocycles. The van der Waals surface area contributed by atoms with Crippen LogP contribution in [0.5, 0.6) is 0 Å². The highest BCUT2D eigenvalue weighted by molar-refractivity contribution is 5.52. The Labute approximate surface area is 132 Å². The van der Waals surface area contributed by atoms with E-state index in [1.807, 2.05) is 12.1 Å². The van der Waals surface area contributed by atoms with Crippen LogP contribution >= 0.6 is 0 Å². The zero-order valence-corrected chi connectivity index (χ0v) is 14.0. The van der Waals surface area contributed by atoms with E-state index in [0.29, 0.717) is 17.2 Å². The molecular weight excluding hydrogens is 274 g/mol. The van der Waals surface area contributed by atoms with Gasteiger partial charge in [-0.1, -0.05) is 38.5 Å². The Balaban J connectivity index is 1.68. The molecule has 4 heteroatoms. The highest BCUT2D eigenvalue weighted by Crippen LogP contribution is 2.30. The van der Waals surface area contributed by atoms with Crippen molar-refractivity contribution in [2.75, 3.05) is 19.6 Å². The Morgan fingerprint density at radius 1 is 1.18 bits per heavy atom. The third-order valence-electron chi connectivity index (χ3n) is 4.06. The number of likely N-dealkylation sites (tertiary alicyclic amines) is 1. The summed E-state index contributed by atoms with van der Waals surface area (Å²) < 4.78 is 5.92. The summed E-state index contributed by atoms with van der Waals surface area (Å²) in [6.45, 7) is 12.2. The summed E-state index contributed by atoms with van der Waals surface area (Å²) in [5, 5.41) is 8.51. The molecule has 0 aliphatic carbocycles. The molecule has 3 rings (SSSR count). The smallest absolute Gasteiger partial charge is 0.247 e. The summed E-state index contributed by atoms with van der Waals surface area (Å²) in [7, 11) is 0. The maximum absolute atomic E-state index is 5.92. The minimum absolute atomic E-state index is 0.330. The van der Waals surface area contributed by atoms with Gasteiger partial charge in [-0.15, -0.1) is 10.2 Å². The van der Waals surface area contributed by atoms with Crippen molar-refractivity contribution in [1.29, 1.82) is 0 Å². The molecule has 0 amide bonds. The van der Waals surface area contributed by atoms with Crippen molar-refractivity contribution >= 4 is 0 Å². The number of aromatic nitrogens is 2. The topological polar surface area (TPSA) is 42.2 Å². The predicted molar refractivity (Wildman–Crippen MR) is 87.7 cm³/mol. The van der Waals surface area contributed by atoms with E-state index in [9.17, 15) is 0 Å². The highest BCUT2D eigenvalue weighted by atomic mass is 16.4. The molecule has 0 bridgehead atoms. The SMILES string of the molecule is Cc1ccc(-c2nnc([C@H]3CCN(CC(C)(C)C)C3)o2)cc1. The van der Waals surface area contributed by atoms with E-state index in [4.69, 9.17) is 4.42 Å². The Bertz CT molecular complexity index is 625. The molecule has 0 spiro atoms. The lowest BCUT2D eigenvalue weighted by Crippen LogP contribution is -2.30. The first kappa shape index (κ1) is 15.2. The van der Waals surface area contributed by atoms with Gasteiger partial charge in [0.05, 0.1) is 5.92 Å². The molecule has 2 aromatic rings. The van der Waals surface area contributed by atoms with Gasteiger partial charge >= 0.3 is 0 Å². The fourth-order valence-corrected chi connectivity index (χ4v) is 3.06. The molecule has 1 aromatic heterocycles. The Morgan fingerprint density at radius 2 is 1.91 bits per heavy atom.